The van der Waals surface area contributed by atoms with Crippen LogP contribution in [0.1, 0.15) is 44.9 Å². The fourth-order valence-corrected chi connectivity index (χ4v) is 3.46. The van der Waals surface area contributed by atoms with E-state index in [9.17, 15) is 14.7 Å². The van der Waals surface area contributed by atoms with Crippen LogP contribution in [-0.4, -0.2) is 58.3 Å². The minimum Gasteiger partial charge on any atom is -0.480 e. The molecule has 3 N–H and O–H groups in total. The molecule has 2 fully saturated rings. The summed E-state index contributed by atoms with van der Waals surface area (Å²) in [4.78, 5) is 25.0. The second kappa shape index (κ2) is 6.10. The van der Waals surface area contributed by atoms with E-state index in [1.807, 2.05) is 7.05 Å². The number of hydrogen-bond donors (Lipinski definition) is 3. The average Bonchev–Trinajstić information content (AvgIpc) is 2.82. The Morgan fingerprint density at radius 3 is 2.50 bits per heavy atom. The molecule has 1 saturated heterocycles. The zero-order valence-corrected chi connectivity index (χ0v) is 12.0. The lowest BCUT2D eigenvalue weighted by molar-refractivity contribution is -0.149. The van der Waals surface area contributed by atoms with E-state index in [1.54, 1.807) is 0 Å². The SMILES string of the molecule is CNC1(CC(=O)N2C[C@@H](O)C[C@H]2C(=O)O)CCCCC1. The summed E-state index contributed by atoms with van der Waals surface area (Å²) in [5.41, 5.74) is -0.202. The standard InChI is InChI=1S/C14H24N2O4/c1-15-14(5-3-2-4-6-14)8-12(18)16-9-10(17)7-11(16)13(19)20/h10-11,15,17H,2-9H2,1H3,(H,19,20)/t10-,11-/m0/s1. The number of aliphatic carboxylic acids is 1. The van der Waals surface area contributed by atoms with Gasteiger partial charge in [-0.2, -0.15) is 0 Å². The monoisotopic (exact) mass is 284 g/mol. The van der Waals surface area contributed by atoms with E-state index in [2.05, 4.69) is 5.32 Å². The maximum atomic E-state index is 12.4. The smallest absolute Gasteiger partial charge is 0.326 e. The van der Waals surface area contributed by atoms with Gasteiger partial charge in [-0.1, -0.05) is 19.3 Å². The number of carbonyl (C=O) groups excluding carboxylic acids is 1. The van der Waals surface area contributed by atoms with Gasteiger partial charge in [0.1, 0.15) is 6.04 Å². The van der Waals surface area contributed by atoms with Crippen molar-refractivity contribution in [2.24, 2.45) is 0 Å². The topological polar surface area (TPSA) is 89.9 Å². The average molecular weight is 284 g/mol. The van der Waals surface area contributed by atoms with Gasteiger partial charge in [0.15, 0.2) is 0 Å². The van der Waals surface area contributed by atoms with Crippen LogP contribution in [0.3, 0.4) is 0 Å². The maximum Gasteiger partial charge on any atom is 0.326 e. The van der Waals surface area contributed by atoms with Crippen molar-refractivity contribution in [2.75, 3.05) is 13.6 Å². The third-order valence-corrected chi connectivity index (χ3v) is 4.72. The molecular formula is C14H24N2O4. The summed E-state index contributed by atoms with van der Waals surface area (Å²) in [6.45, 7) is 0.135. The first kappa shape index (κ1) is 15.3. The summed E-state index contributed by atoms with van der Waals surface area (Å²) in [6.07, 6.45) is 5.01. The van der Waals surface area contributed by atoms with E-state index in [-0.39, 0.29) is 24.4 Å². The molecule has 0 aromatic heterocycles. The lowest BCUT2D eigenvalue weighted by Gasteiger charge is -2.38. The van der Waals surface area contributed by atoms with E-state index in [0.29, 0.717) is 6.42 Å². The number of aliphatic hydroxyl groups excluding tert-OH is 1. The molecule has 1 aliphatic carbocycles. The van der Waals surface area contributed by atoms with E-state index in [1.165, 1.54) is 11.3 Å². The molecule has 2 aliphatic rings. The number of aliphatic hydroxyl groups is 1. The Kier molecular flexibility index (Phi) is 4.65. The molecular weight excluding hydrogens is 260 g/mol. The molecule has 1 heterocycles. The molecule has 0 spiro atoms. The summed E-state index contributed by atoms with van der Waals surface area (Å²) < 4.78 is 0. The van der Waals surface area contributed by atoms with Crippen molar-refractivity contribution in [2.45, 2.75) is 62.6 Å². The zero-order chi connectivity index (χ0) is 14.8. The Bertz CT molecular complexity index is 379. The molecule has 6 nitrogen and oxygen atoms in total. The first-order chi connectivity index (χ1) is 9.47. The van der Waals surface area contributed by atoms with Gasteiger partial charge in [0.25, 0.3) is 0 Å². The molecule has 114 valence electrons. The first-order valence-corrected chi connectivity index (χ1v) is 7.37. The molecule has 0 aromatic carbocycles. The number of rotatable bonds is 4. The molecule has 1 aliphatic heterocycles. The number of carboxylic acids is 1. The molecule has 0 bridgehead atoms. The van der Waals surface area contributed by atoms with Crippen LogP contribution in [0.25, 0.3) is 0 Å². The van der Waals surface area contributed by atoms with Gasteiger partial charge in [0, 0.05) is 24.9 Å². The minimum atomic E-state index is -1.03. The number of likely N-dealkylation sites (tertiary alicyclic amines) is 1. The number of nitrogens with zero attached hydrogens (tertiary/aromatic N) is 1. The quantitative estimate of drug-likeness (QED) is 0.693. The summed E-state index contributed by atoms with van der Waals surface area (Å²) in [6, 6.07) is -0.880. The number of nitrogens with one attached hydrogen (secondary N) is 1. The second-order valence-corrected chi connectivity index (χ2v) is 6.06. The van der Waals surface area contributed by atoms with Crippen LogP contribution in [0.4, 0.5) is 0 Å². The van der Waals surface area contributed by atoms with Crippen molar-refractivity contribution in [3.8, 4) is 0 Å². The van der Waals surface area contributed by atoms with Gasteiger partial charge >= 0.3 is 5.97 Å². The molecule has 2 rings (SSSR count). The fourth-order valence-electron chi connectivity index (χ4n) is 3.46. The van der Waals surface area contributed by atoms with Crippen LogP contribution >= 0.6 is 0 Å². The minimum absolute atomic E-state index is 0.133. The molecule has 2 atom stereocenters. The van der Waals surface area contributed by atoms with Crippen LogP contribution < -0.4 is 5.32 Å². The van der Waals surface area contributed by atoms with Gasteiger partial charge < -0.3 is 20.4 Å². The Labute approximate surface area is 119 Å². The van der Waals surface area contributed by atoms with Crippen molar-refractivity contribution in [1.82, 2.24) is 10.2 Å². The van der Waals surface area contributed by atoms with Crippen molar-refractivity contribution < 1.29 is 19.8 Å². The number of carboxylic acid groups (broad SMARTS) is 1. The molecule has 0 radical (unpaired) electrons. The van der Waals surface area contributed by atoms with Crippen molar-refractivity contribution in [3.05, 3.63) is 0 Å². The fraction of sp³-hybridized carbons (Fsp3) is 0.857. The number of β-amino-alcohol motifs (C(OH)–C–C–N with tert-alkyl or cyclic N) is 1. The van der Waals surface area contributed by atoms with Crippen LogP contribution in [-0.2, 0) is 9.59 Å². The molecule has 0 unspecified atom stereocenters. The van der Waals surface area contributed by atoms with E-state index in [4.69, 9.17) is 5.11 Å². The Balaban J connectivity index is 2.04. The van der Waals surface area contributed by atoms with E-state index < -0.39 is 18.1 Å². The van der Waals surface area contributed by atoms with Crippen LogP contribution in [0.2, 0.25) is 0 Å². The number of carbonyl (C=O) groups is 2. The Morgan fingerprint density at radius 2 is 1.95 bits per heavy atom. The zero-order valence-electron chi connectivity index (χ0n) is 12.0. The Hall–Kier alpha value is -1.14. The van der Waals surface area contributed by atoms with Crippen LogP contribution in [0.5, 0.6) is 0 Å². The van der Waals surface area contributed by atoms with Gasteiger partial charge in [0.2, 0.25) is 5.91 Å². The molecule has 6 heteroatoms. The molecule has 1 saturated carbocycles. The summed E-state index contributed by atoms with van der Waals surface area (Å²) >= 11 is 0. The van der Waals surface area contributed by atoms with Gasteiger partial charge in [-0.3, -0.25) is 4.79 Å². The first-order valence-electron chi connectivity index (χ1n) is 7.37. The van der Waals surface area contributed by atoms with E-state index in [0.717, 1.165) is 25.7 Å². The number of hydrogen-bond acceptors (Lipinski definition) is 4. The summed E-state index contributed by atoms with van der Waals surface area (Å²) in [7, 11) is 1.87. The third kappa shape index (κ3) is 3.12. The van der Waals surface area contributed by atoms with Crippen molar-refractivity contribution in [1.29, 1.82) is 0 Å². The van der Waals surface area contributed by atoms with Gasteiger partial charge in [0.05, 0.1) is 6.10 Å². The highest BCUT2D eigenvalue weighted by Crippen LogP contribution is 2.32. The van der Waals surface area contributed by atoms with Crippen LogP contribution in [0.15, 0.2) is 0 Å². The normalized spacial score (nSPS) is 29.4. The predicted octanol–water partition coefficient (Wildman–Crippen LogP) is 0.345. The van der Waals surface area contributed by atoms with Crippen LogP contribution in [0, 0.1) is 0 Å². The molecule has 20 heavy (non-hydrogen) atoms. The largest absolute Gasteiger partial charge is 0.480 e. The highest BCUT2D eigenvalue weighted by Gasteiger charge is 2.42. The lowest BCUT2D eigenvalue weighted by atomic mass is 9.79. The van der Waals surface area contributed by atoms with Gasteiger partial charge in [-0.05, 0) is 19.9 Å². The highest BCUT2D eigenvalue weighted by atomic mass is 16.4. The third-order valence-electron chi connectivity index (χ3n) is 4.72. The molecule has 0 aromatic rings. The summed E-state index contributed by atoms with van der Waals surface area (Å²) in [5, 5.41) is 22.0. The molecule has 1 amide bonds. The number of amides is 1. The van der Waals surface area contributed by atoms with E-state index >= 15 is 0 Å². The highest BCUT2D eigenvalue weighted by molar-refractivity contribution is 5.85. The van der Waals surface area contributed by atoms with Crippen molar-refractivity contribution in [3.63, 3.8) is 0 Å². The van der Waals surface area contributed by atoms with Gasteiger partial charge in [-0.25, -0.2) is 4.79 Å². The van der Waals surface area contributed by atoms with Crippen molar-refractivity contribution >= 4 is 11.9 Å². The van der Waals surface area contributed by atoms with Gasteiger partial charge in [-0.15, -0.1) is 0 Å². The summed E-state index contributed by atoms with van der Waals surface area (Å²) in [5.74, 6) is -1.19. The maximum absolute atomic E-state index is 12.4. The second-order valence-electron chi connectivity index (χ2n) is 6.06. The predicted molar refractivity (Wildman–Crippen MR) is 73.3 cm³/mol. The Morgan fingerprint density at radius 1 is 1.30 bits per heavy atom. The lowest BCUT2D eigenvalue weighted by Crippen LogP contribution is -2.50.